The van der Waals surface area contributed by atoms with Crippen molar-refractivity contribution in [2.45, 2.75) is 18.7 Å². The molecule has 2 aliphatic rings. The number of morpholine rings is 1. The van der Waals surface area contributed by atoms with Crippen LogP contribution < -0.4 is 4.90 Å². The van der Waals surface area contributed by atoms with E-state index < -0.39 is 10.0 Å². The maximum absolute atomic E-state index is 13.4. The van der Waals surface area contributed by atoms with Crippen LogP contribution in [0.15, 0.2) is 29.3 Å². The van der Waals surface area contributed by atoms with Gasteiger partial charge in [0, 0.05) is 58.2 Å². The van der Waals surface area contributed by atoms with Gasteiger partial charge in [0.15, 0.2) is 5.65 Å². The highest BCUT2D eigenvalue weighted by molar-refractivity contribution is 7.89. The minimum Gasteiger partial charge on any atom is -0.379 e. The lowest BCUT2D eigenvalue weighted by Crippen LogP contribution is -2.49. The molecule has 35 heavy (non-hydrogen) atoms. The summed E-state index contributed by atoms with van der Waals surface area (Å²) in [6.45, 7) is 7.56. The number of aromatic nitrogens is 4. The van der Waals surface area contributed by atoms with E-state index in [0.29, 0.717) is 69.5 Å². The molecule has 0 spiro atoms. The van der Waals surface area contributed by atoms with Crippen LogP contribution in [0.1, 0.15) is 21.7 Å². The SMILES string of the molecule is Cc1cc(C(=O)N2CCN(c3ccc(S(=O)(=O)N4CCOCC4)cn3)CC2)c2c(C)nn(C)c2n1. The van der Waals surface area contributed by atoms with Gasteiger partial charge in [0.25, 0.3) is 5.91 Å². The van der Waals surface area contributed by atoms with E-state index in [2.05, 4.69) is 20.0 Å². The lowest BCUT2D eigenvalue weighted by Gasteiger charge is -2.35. The van der Waals surface area contributed by atoms with Gasteiger partial charge in [-0.25, -0.2) is 18.4 Å². The number of sulfonamides is 1. The third-order valence-electron chi connectivity index (χ3n) is 6.55. The third-order valence-corrected chi connectivity index (χ3v) is 8.43. The maximum Gasteiger partial charge on any atom is 0.254 e. The van der Waals surface area contributed by atoms with Crippen molar-refractivity contribution in [3.05, 3.63) is 41.3 Å². The summed E-state index contributed by atoms with van der Waals surface area (Å²) in [4.78, 5) is 26.5. The molecule has 3 aromatic heterocycles. The Morgan fingerprint density at radius 1 is 1.03 bits per heavy atom. The summed E-state index contributed by atoms with van der Waals surface area (Å²) in [6.07, 6.45) is 1.42. The molecule has 0 aromatic carbocycles. The lowest BCUT2D eigenvalue weighted by molar-refractivity contribution is 0.0730. The Hall–Kier alpha value is -3.09. The number of piperazine rings is 1. The molecule has 0 N–H and O–H groups in total. The van der Waals surface area contributed by atoms with Crippen LogP contribution in [0, 0.1) is 13.8 Å². The largest absolute Gasteiger partial charge is 0.379 e. The van der Waals surface area contributed by atoms with Crippen molar-refractivity contribution in [1.82, 2.24) is 29.0 Å². The summed E-state index contributed by atoms with van der Waals surface area (Å²) >= 11 is 0. The maximum atomic E-state index is 13.4. The summed E-state index contributed by atoms with van der Waals surface area (Å²) in [5.41, 5.74) is 2.90. The Balaban J connectivity index is 1.28. The molecule has 1 amide bonds. The number of carbonyl (C=O) groups excluding carboxylic acids is 1. The number of fused-ring (bicyclic) bond motifs is 1. The Morgan fingerprint density at radius 3 is 2.40 bits per heavy atom. The first-order valence-electron chi connectivity index (χ1n) is 11.6. The van der Waals surface area contributed by atoms with Crippen molar-refractivity contribution < 1.29 is 17.9 Å². The quantitative estimate of drug-likeness (QED) is 0.522. The highest BCUT2D eigenvalue weighted by atomic mass is 32.2. The molecule has 0 aliphatic carbocycles. The molecule has 0 bridgehead atoms. The molecule has 0 atom stereocenters. The number of nitrogens with zero attached hydrogens (tertiary/aromatic N) is 7. The number of ether oxygens (including phenoxy) is 1. The zero-order valence-electron chi connectivity index (χ0n) is 20.1. The number of hydrogen-bond acceptors (Lipinski definition) is 8. The summed E-state index contributed by atoms with van der Waals surface area (Å²) in [7, 11) is -1.74. The van der Waals surface area contributed by atoms with Gasteiger partial charge in [0.2, 0.25) is 10.0 Å². The summed E-state index contributed by atoms with van der Waals surface area (Å²) < 4.78 is 34.1. The van der Waals surface area contributed by atoms with Crippen LogP contribution in [0.25, 0.3) is 11.0 Å². The van der Waals surface area contributed by atoms with Gasteiger partial charge in [-0.15, -0.1) is 0 Å². The number of anilines is 1. The van der Waals surface area contributed by atoms with Crippen LogP contribution in [0.3, 0.4) is 0 Å². The minimum atomic E-state index is -3.58. The summed E-state index contributed by atoms with van der Waals surface area (Å²) in [5, 5.41) is 5.24. The van der Waals surface area contributed by atoms with Gasteiger partial charge in [0.05, 0.1) is 29.9 Å². The highest BCUT2D eigenvalue weighted by Crippen LogP contribution is 2.25. The zero-order valence-corrected chi connectivity index (χ0v) is 21.0. The normalized spacial score (nSPS) is 17.8. The molecule has 0 radical (unpaired) electrons. The number of aryl methyl sites for hydroxylation is 3. The molecule has 0 unspecified atom stereocenters. The average molecular weight is 500 g/mol. The van der Waals surface area contributed by atoms with Crippen LogP contribution in [0.5, 0.6) is 0 Å². The molecule has 3 aromatic rings. The van der Waals surface area contributed by atoms with Crippen LogP contribution in [0.2, 0.25) is 0 Å². The van der Waals surface area contributed by atoms with E-state index in [1.165, 1.54) is 10.5 Å². The second-order valence-corrected chi connectivity index (χ2v) is 10.8. The first-order chi connectivity index (χ1) is 16.8. The number of rotatable bonds is 4. The second kappa shape index (κ2) is 9.17. The average Bonchev–Trinajstić information content (AvgIpc) is 3.16. The number of carbonyl (C=O) groups is 1. The predicted octanol–water partition coefficient (Wildman–Crippen LogP) is 0.963. The molecule has 0 saturated carbocycles. The molecular weight excluding hydrogens is 470 g/mol. The standard InChI is InChI=1S/C23H29N7O4S/c1-16-14-19(21-17(2)26-27(3)22(21)25-16)23(31)29-8-6-28(7-9-29)20-5-4-18(15-24-20)35(32,33)30-10-12-34-13-11-30/h4-5,14-15H,6-13H2,1-3H3. The zero-order chi connectivity index (χ0) is 24.7. The van der Waals surface area contributed by atoms with E-state index in [-0.39, 0.29) is 10.8 Å². The van der Waals surface area contributed by atoms with E-state index in [1.807, 2.05) is 31.9 Å². The fourth-order valence-electron chi connectivity index (χ4n) is 4.70. The molecule has 2 fully saturated rings. The molecule has 11 nitrogen and oxygen atoms in total. The van der Waals surface area contributed by atoms with E-state index in [1.54, 1.807) is 16.8 Å². The first kappa shape index (κ1) is 23.6. The van der Waals surface area contributed by atoms with Crippen molar-refractivity contribution in [2.24, 2.45) is 7.05 Å². The van der Waals surface area contributed by atoms with Crippen LogP contribution in [0.4, 0.5) is 5.82 Å². The molecule has 186 valence electrons. The molecule has 12 heteroatoms. The summed E-state index contributed by atoms with van der Waals surface area (Å²) in [5.74, 6) is 0.666. The predicted molar refractivity (Wildman–Crippen MR) is 130 cm³/mol. The molecule has 5 rings (SSSR count). The Labute approximate surface area is 204 Å². The van der Waals surface area contributed by atoms with E-state index >= 15 is 0 Å². The molecule has 2 aliphatic heterocycles. The number of pyridine rings is 2. The van der Waals surface area contributed by atoms with Gasteiger partial charge in [-0.05, 0) is 32.0 Å². The highest BCUT2D eigenvalue weighted by Gasteiger charge is 2.28. The summed E-state index contributed by atoms with van der Waals surface area (Å²) in [6, 6.07) is 5.17. The Morgan fingerprint density at radius 2 is 1.74 bits per heavy atom. The number of amides is 1. The monoisotopic (exact) mass is 499 g/mol. The Kier molecular flexibility index (Phi) is 6.20. The third kappa shape index (κ3) is 4.37. The molecule has 2 saturated heterocycles. The van der Waals surface area contributed by atoms with Crippen LogP contribution in [-0.2, 0) is 21.8 Å². The van der Waals surface area contributed by atoms with Crippen molar-refractivity contribution >= 4 is 32.8 Å². The van der Waals surface area contributed by atoms with E-state index in [4.69, 9.17) is 4.74 Å². The fraction of sp³-hybridized carbons (Fsp3) is 0.478. The van der Waals surface area contributed by atoms with Gasteiger partial charge >= 0.3 is 0 Å². The van der Waals surface area contributed by atoms with Gasteiger partial charge in [-0.2, -0.15) is 9.40 Å². The van der Waals surface area contributed by atoms with Gasteiger partial charge in [0.1, 0.15) is 10.7 Å². The first-order valence-corrected chi connectivity index (χ1v) is 13.1. The molecular formula is C23H29N7O4S. The molecule has 5 heterocycles. The minimum absolute atomic E-state index is 0.0313. The second-order valence-electron chi connectivity index (χ2n) is 8.87. The van der Waals surface area contributed by atoms with Crippen molar-refractivity contribution in [3.63, 3.8) is 0 Å². The van der Waals surface area contributed by atoms with Gasteiger partial charge in [-0.3, -0.25) is 9.48 Å². The van der Waals surface area contributed by atoms with Gasteiger partial charge < -0.3 is 14.5 Å². The number of hydrogen-bond donors (Lipinski definition) is 0. The van der Waals surface area contributed by atoms with Crippen LogP contribution >= 0.6 is 0 Å². The fourth-order valence-corrected chi connectivity index (χ4v) is 6.05. The topological polar surface area (TPSA) is 114 Å². The van der Waals surface area contributed by atoms with E-state index in [9.17, 15) is 13.2 Å². The smallest absolute Gasteiger partial charge is 0.254 e. The Bertz CT molecular complexity index is 1360. The lowest BCUT2D eigenvalue weighted by atomic mass is 10.1. The van der Waals surface area contributed by atoms with Gasteiger partial charge in [-0.1, -0.05) is 0 Å². The van der Waals surface area contributed by atoms with Crippen molar-refractivity contribution in [1.29, 1.82) is 0 Å². The van der Waals surface area contributed by atoms with Crippen molar-refractivity contribution in [3.8, 4) is 0 Å². The van der Waals surface area contributed by atoms with Crippen LogP contribution in [-0.4, -0.2) is 95.8 Å². The van der Waals surface area contributed by atoms with E-state index in [0.717, 1.165) is 16.8 Å². The van der Waals surface area contributed by atoms with Crippen molar-refractivity contribution in [2.75, 3.05) is 57.4 Å².